The summed E-state index contributed by atoms with van der Waals surface area (Å²) in [4.78, 5) is 44.6. The van der Waals surface area contributed by atoms with Crippen molar-refractivity contribution >= 4 is 45.9 Å². The SMILES string of the molecule is Cn1ncc(NC(=O)c2nc(-c3c(F)cccc3F)sc2NC(=O)OC(C)(C)C)c1N1CCN(C(=O)O)CC(C)(O)C1. The number of carbonyl (C=O) groups excluding carboxylic acids is 2. The highest BCUT2D eigenvalue weighted by Gasteiger charge is 2.35. The molecular weight excluding hydrogens is 576 g/mol. The van der Waals surface area contributed by atoms with Gasteiger partial charge in [0.15, 0.2) is 11.5 Å². The second-order valence-electron chi connectivity index (χ2n) is 11.0. The van der Waals surface area contributed by atoms with Gasteiger partial charge in [0.05, 0.1) is 23.9 Å². The van der Waals surface area contributed by atoms with Gasteiger partial charge in [0.1, 0.15) is 32.9 Å². The van der Waals surface area contributed by atoms with Gasteiger partial charge in [0.25, 0.3) is 5.91 Å². The number of aryl methyl sites for hydroxylation is 1. The number of anilines is 3. The van der Waals surface area contributed by atoms with Crippen molar-refractivity contribution in [1.82, 2.24) is 19.7 Å². The summed E-state index contributed by atoms with van der Waals surface area (Å²) in [5, 5.41) is 29.3. The Morgan fingerprint density at radius 1 is 1.12 bits per heavy atom. The maximum Gasteiger partial charge on any atom is 0.412 e. The zero-order valence-electron chi connectivity index (χ0n) is 23.6. The first-order valence-corrected chi connectivity index (χ1v) is 13.6. The van der Waals surface area contributed by atoms with E-state index in [1.165, 1.54) is 23.9 Å². The molecule has 0 aliphatic carbocycles. The number of rotatable bonds is 5. The van der Waals surface area contributed by atoms with E-state index in [2.05, 4.69) is 20.7 Å². The number of amides is 3. The van der Waals surface area contributed by atoms with Crippen LogP contribution in [0.3, 0.4) is 0 Å². The lowest BCUT2D eigenvalue weighted by Gasteiger charge is -2.30. The summed E-state index contributed by atoms with van der Waals surface area (Å²) in [5.74, 6) is -2.27. The highest BCUT2D eigenvalue weighted by Crippen LogP contribution is 2.36. The zero-order valence-corrected chi connectivity index (χ0v) is 24.4. The number of thiazole rings is 1. The first kappa shape index (κ1) is 30.6. The summed E-state index contributed by atoms with van der Waals surface area (Å²) >= 11 is 0.688. The fourth-order valence-electron chi connectivity index (χ4n) is 4.46. The molecule has 1 unspecified atom stereocenters. The van der Waals surface area contributed by atoms with Crippen LogP contribution in [0.4, 0.5) is 34.9 Å². The number of hydrogen-bond donors (Lipinski definition) is 4. The molecule has 0 bridgehead atoms. The summed E-state index contributed by atoms with van der Waals surface area (Å²) in [6, 6.07) is 3.28. The molecule has 1 saturated heterocycles. The van der Waals surface area contributed by atoms with E-state index in [1.807, 2.05) is 0 Å². The van der Waals surface area contributed by atoms with Crippen LogP contribution in [0.15, 0.2) is 24.4 Å². The van der Waals surface area contributed by atoms with E-state index in [0.29, 0.717) is 17.2 Å². The zero-order chi connectivity index (χ0) is 31.0. The third-order valence-electron chi connectivity index (χ3n) is 6.06. The average molecular weight is 608 g/mol. The number of aromatic nitrogens is 3. The number of carboxylic acid groups (broad SMARTS) is 1. The smallest absolute Gasteiger partial charge is 0.412 e. The van der Waals surface area contributed by atoms with Crippen molar-refractivity contribution < 1.29 is 38.1 Å². The van der Waals surface area contributed by atoms with Crippen LogP contribution in [0.5, 0.6) is 0 Å². The molecule has 0 spiro atoms. The lowest BCUT2D eigenvalue weighted by molar-refractivity contribution is 0.0377. The number of nitrogens with one attached hydrogen (secondary N) is 2. The van der Waals surface area contributed by atoms with E-state index in [4.69, 9.17) is 4.74 Å². The van der Waals surface area contributed by atoms with Gasteiger partial charge < -0.3 is 30.1 Å². The normalized spacial score (nSPS) is 17.5. The molecule has 1 fully saturated rings. The first-order chi connectivity index (χ1) is 19.5. The molecule has 3 amide bonds. The van der Waals surface area contributed by atoms with E-state index >= 15 is 0 Å². The summed E-state index contributed by atoms with van der Waals surface area (Å²) < 4.78 is 35.9. The van der Waals surface area contributed by atoms with Crippen molar-refractivity contribution in [3.8, 4) is 10.6 Å². The molecule has 3 heterocycles. The van der Waals surface area contributed by atoms with Crippen molar-refractivity contribution in [2.45, 2.75) is 38.9 Å². The van der Waals surface area contributed by atoms with Crippen LogP contribution < -0.4 is 15.5 Å². The second-order valence-corrected chi connectivity index (χ2v) is 12.0. The Morgan fingerprint density at radius 3 is 2.40 bits per heavy atom. The van der Waals surface area contributed by atoms with Crippen LogP contribution in [-0.4, -0.2) is 85.4 Å². The maximum absolute atomic E-state index is 14.6. The van der Waals surface area contributed by atoms with Crippen molar-refractivity contribution in [2.75, 3.05) is 41.7 Å². The number of carbonyl (C=O) groups is 3. The topological polar surface area (TPSA) is 162 Å². The van der Waals surface area contributed by atoms with E-state index < -0.39 is 46.5 Å². The van der Waals surface area contributed by atoms with E-state index in [9.17, 15) is 33.4 Å². The summed E-state index contributed by atoms with van der Waals surface area (Å²) in [6.07, 6.45) is -0.726. The van der Waals surface area contributed by atoms with Crippen LogP contribution in [-0.2, 0) is 11.8 Å². The Balaban J connectivity index is 1.68. The fraction of sp³-hybridized carbons (Fsp3) is 0.423. The minimum absolute atomic E-state index is 0.0258. The summed E-state index contributed by atoms with van der Waals surface area (Å²) in [5.41, 5.74) is -2.90. The van der Waals surface area contributed by atoms with Crippen LogP contribution in [0, 0.1) is 11.6 Å². The van der Waals surface area contributed by atoms with E-state index in [0.717, 1.165) is 17.0 Å². The van der Waals surface area contributed by atoms with Gasteiger partial charge in [-0.1, -0.05) is 17.4 Å². The molecule has 0 radical (unpaired) electrons. The number of hydrogen-bond acceptors (Lipinski definition) is 9. The van der Waals surface area contributed by atoms with Gasteiger partial charge in [-0.15, -0.1) is 0 Å². The standard InChI is InChI=1S/C26H31F2N7O6S/c1-25(2,3)41-23(37)32-21-18(31-20(42-21)17-14(27)7-6-8-15(17)28)19(36)30-16-11-29-33(5)22(16)34-9-10-35(24(38)39)13-26(4,40)12-34/h6-8,11,40H,9-10,12-13H2,1-5H3,(H,30,36)(H,32,37)(H,38,39). The number of halogens is 2. The van der Waals surface area contributed by atoms with Gasteiger partial charge in [0.2, 0.25) is 0 Å². The molecule has 1 atom stereocenters. The lowest BCUT2D eigenvalue weighted by atomic mass is 10.1. The molecule has 16 heteroatoms. The van der Waals surface area contributed by atoms with Gasteiger partial charge in [-0.05, 0) is 39.8 Å². The Labute approximate surface area is 243 Å². The number of nitrogens with zero attached hydrogens (tertiary/aromatic N) is 5. The fourth-order valence-corrected chi connectivity index (χ4v) is 5.45. The quantitative estimate of drug-likeness (QED) is 0.336. The van der Waals surface area contributed by atoms with Gasteiger partial charge in [-0.2, -0.15) is 5.10 Å². The molecule has 42 heavy (non-hydrogen) atoms. The predicted molar refractivity (Wildman–Crippen MR) is 151 cm³/mol. The van der Waals surface area contributed by atoms with Crippen molar-refractivity contribution in [3.05, 3.63) is 41.7 Å². The molecule has 1 aliphatic rings. The minimum Gasteiger partial charge on any atom is -0.465 e. The van der Waals surface area contributed by atoms with Gasteiger partial charge >= 0.3 is 12.2 Å². The van der Waals surface area contributed by atoms with Crippen LogP contribution in [0.1, 0.15) is 38.2 Å². The second kappa shape index (κ2) is 11.5. The molecule has 1 aliphatic heterocycles. The lowest BCUT2D eigenvalue weighted by Crippen LogP contribution is -2.46. The highest BCUT2D eigenvalue weighted by atomic mass is 32.1. The molecule has 226 valence electrons. The maximum atomic E-state index is 14.6. The minimum atomic E-state index is -1.42. The average Bonchev–Trinajstić information content (AvgIpc) is 3.37. The van der Waals surface area contributed by atoms with Crippen LogP contribution >= 0.6 is 11.3 Å². The van der Waals surface area contributed by atoms with Crippen molar-refractivity contribution in [1.29, 1.82) is 0 Å². The number of aliphatic hydroxyl groups is 1. The monoisotopic (exact) mass is 607 g/mol. The van der Waals surface area contributed by atoms with Crippen LogP contribution in [0.2, 0.25) is 0 Å². The third kappa shape index (κ3) is 6.94. The largest absolute Gasteiger partial charge is 0.465 e. The third-order valence-corrected chi connectivity index (χ3v) is 7.05. The molecule has 4 rings (SSSR count). The van der Waals surface area contributed by atoms with Gasteiger partial charge in [-0.25, -0.2) is 23.4 Å². The Kier molecular flexibility index (Phi) is 8.41. The van der Waals surface area contributed by atoms with E-state index in [1.54, 1.807) is 32.7 Å². The Bertz CT molecular complexity index is 1500. The molecular formula is C26H31F2N7O6S. The molecule has 4 N–H and O–H groups in total. The number of benzene rings is 1. The Hall–Kier alpha value is -4.31. The molecule has 13 nitrogen and oxygen atoms in total. The summed E-state index contributed by atoms with van der Waals surface area (Å²) in [6.45, 7) is 6.61. The highest BCUT2D eigenvalue weighted by molar-refractivity contribution is 7.19. The predicted octanol–water partition coefficient (Wildman–Crippen LogP) is 3.97. The van der Waals surface area contributed by atoms with Gasteiger partial charge in [0, 0.05) is 26.7 Å². The Morgan fingerprint density at radius 2 is 1.79 bits per heavy atom. The molecule has 1 aromatic carbocycles. The van der Waals surface area contributed by atoms with Crippen molar-refractivity contribution in [3.63, 3.8) is 0 Å². The molecule has 2 aromatic heterocycles. The molecule has 3 aromatic rings. The first-order valence-electron chi connectivity index (χ1n) is 12.8. The van der Waals surface area contributed by atoms with E-state index in [-0.39, 0.29) is 47.6 Å². The number of ether oxygens (including phenoxy) is 1. The molecule has 0 saturated carbocycles. The van der Waals surface area contributed by atoms with Gasteiger partial charge in [-0.3, -0.25) is 14.8 Å². The van der Waals surface area contributed by atoms with Crippen LogP contribution in [0.25, 0.3) is 10.6 Å². The summed E-state index contributed by atoms with van der Waals surface area (Å²) in [7, 11) is 1.61. The van der Waals surface area contributed by atoms with Crippen molar-refractivity contribution in [2.24, 2.45) is 7.05 Å². The number of β-amino-alcohol motifs (C(OH)–C–C–N with tert-alkyl or cyclic N) is 1.